The number of hydrogen-bond donors (Lipinski definition) is 2. The quantitative estimate of drug-likeness (QED) is 0.372. The van der Waals surface area contributed by atoms with Crippen LogP contribution in [0.5, 0.6) is 0 Å². The minimum Gasteiger partial charge on any atom is -0.481 e. The van der Waals surface area contributed by atoms with Crippen molar-refractivity contribution in [3.8, 4) is 11.1 Å². The first-order valence-corrected chi connectivity index (χ1v) is 11.8. The molecule has 32 heavy (non-hydrogen) atoms. The number of fused-ring (bicyclic) bond motifs is 5. The molecule has 4 nitrogen and oxygen atoms in total. The number of hydrogen-bond acceptors (Lipinski definition) is 2. The van der Waals surface area contributed by atoms with Gasteiger partial charge in [0, 0.05) is 5.69 Å². The Morgan fingerprint density at radius 1 is 0.875 bits per heavy atom. The number of alkyl halides is 4. The van der Waals surface area contributed by atoms with Crippen molar-refractivity contribution in [2.75, 3.05) is 5.32 Å². The largest absolute Gasteiger partial charge is 0.481 e. The molecule has 0 unspecified atom stereocenters. The van der Waals surface area contributed by atoms with E-state index in [-0.39, 0.29) is 10.1 Å². The van der Waals surface area contributed by atoms with Crippen LogP contribution in [-0.4, -0.2) is 31.1 Å². The van der Waals surface area contributed by atoms with Crippen LogP contribution >= 0.6 is 69.6 Å². The molecule has 10 heteroatoms. The number of carboxylic acids is 1. The molecule has 5 rings (SSSR count). The van der Waals surface area contributed by atoms with Crippen LogP contribution in [0.25, 0.3) is 11.1 Å². The molecule has 0 saturated heterocycles. The van der Waals surface area contributed by atoms with Gasteiger partial charge in [-0.2, -0.15) is 0 Å². The van der Waals surface area contributed by atoms with Crippen molar-refractivity contribution in [3.63, 3.8) is 0 Å². The minimum atomic E-state index is -2.14. The van der Waals surface area contributed by atoms with Crippen LogP contribution in [0.15, 0.2) is 52.5 Å². The molecule has 2 N–H and O–H groups in total. The molecule has 0 aliphatic heterocycles. The monoisotopic (exact) mass is 549 g/mol. The number of anilines is 1. The van der Waals surface area contributed by atoms with Crippen LogP contribution < -0.4 is 5.32 Å². The molecule has 4 atom stereocenters. The summed E-state index contributed by atoms with van der Waals surface area (Å²) in [7, 11) is 0. The van der Waals surface area contributed by atoms with Crippen LogP contribution in [0, 0.1) is 11.8 Å². The van der Waals surface area contributed by atoms with E-state index in [1.165, 1.54) is 5.56 Å². The summed E-state index contributed by atoms with van der Waals surface area (Å²) in [6, 6.07) is 13.5. The Bertz CT molecular complexity index is 1240. The third-order valence-corrected chi connectivity index (χ3v) is 10.8. The highest BCUT2D eigenvalue weighted by Gasteiger charge is 2.85. The van der Waals surface area contributed by atoms with E-state index in [0.717, 1.165) is 23.1 Å². The van der Waals surface area contributed by atoms with E-state index in [1.807, 2.05) is 30.3 Å². The summed E-state index contributed by atoms with van der Waals surface area (Å²) in [5, 5.41) is 12.1. The molecule has 0 heterocycles. The predicted octanol–water partition coefficient (Wildman–Crippen LogP) is 6.36. The van der Waals surface area contributed by atoms with Crippen molar-refractivity contribution in [1.29, 1.82) is 0 Å². The van der Waals surface area contributed by atoms with Crippen molar-refractivity contribution in [2.24, 2.45) is 11.8 Å². The summed E-state index contributed by atoms with van der Waals surface area (Å²) in [4.78, 5) is 21.4. The first-order chi connectivity index (χ1) is 15.0. The fourth-order valence-electron chi connectivity index (χ4n) is 5.07. The van der Waals surface area contributed by atoms with Crippen molar-refractivity contribution in [3.05, 3.63) is 63.7 Å². The van der Waals surface area contributed by atoms with Crippen molar-refractivity contribution < 1.29 is 14.7 Å². The maximum atomic E-state index is 13.4. The number of amides is 1. The van der Waals surface area contributed by atoms with Crippen LogP contribution in [0.2, 0.25) is 0 Å². The van der Waals surface area contributed by atoms with Gasteiger partial charge in [0.25, 0.3) is 0 Å². The Balaban J connectivity index is 1.52. The summed E-state index contributed by atoms with van der Waals surface area (Å²) in [5.41, 5.74) is 4.91. The third-order valence-electron chi connectivity index (χ3n) is 6.55. The lowest BCUT2D eigenvalue weighted by atomic mass is 9.81. The van der Waals surface area contributed by atoms with Gasteiger partial charge in [0.15, 0.2) is 4.33 Å². The fourth-order valence-corrected chi connectivity index (χ4v) is 8.01. The lowest BCUT2D eigenvalue weighted by molar-refractivity contribution is -0.146. The zero-order valence-electron chi connectivity index (χ0n) is 15.9. The van der Waals surface area contributed by atoms with Crippen LogP contribution in [0.4, 0.5) is 5.69 Å². The lowest BCUT2D eigenvalue weighted by Gasteiger charge is -2.33. The summed E-state index contributed by atoms with van der Waals surface area (Å²) >= 11 is 38.7. The van der Waals surface area contributed by atoms with Crippen LogP contribution in [0.1, 0.15) is 11.1 Å². The number of rotatable bonds is 3. The lowest BCUT2D eigenvalue weighted by Crippen LogP contribution is -2.47. The first kappa shape index (κ1) is 22.6. The zero-order valence-corrected chi connectivity index (χ0v) is 20.5. The Hall–Kier alpha value is -1.14. The average Bonchev–Trinajstić information content (AvgIpc) is 3.20. The summed E-state index contributed by atoms with van der Waals surface area (Å²) in [6.45, 7) is 0. The SMILES string of the molecule is O=C(O)[C@H]1[C@H](C(=O)Nc2ccc3c(c2)Cc2ccccc2-3)[C@]2(Cl)C(Cl)=C(Cl)[C@]1(Cl)C2(Cl)Cl. The number of aliphatic carboxylic acids is 1. The number of nitrogens with one attached hydrogen (secondary N) is 1. The Kier molecular flexibility index (Phi) is 5.08. The first-order valence-electron chi connectivity index (χ1n) is 9.53. The topological polar surface area (TPSA) is 66.4 Å². The van der Waals surface area contributed by atoms with E-state index in [2.05, 4.69) is 11.4 Å². The molecule has 0 radical (unpaired) electrons. The van der Waals surface area contributed by atoms with Crippen molar-refractivity contribution >= 4 is 87.2 Å². The van der Waals surface area contributed by atoms with Crippen LogP contribution in [-0.2, 0) is 16.0 Å². The molecule has 1 saturated carbocycles. The molecule has 2 aromatic carbocycles. The second kappa shape index (κ2) is 7.18. The highest BCUT2D eigenvalue weighted by Crippen LogP contribution is 2.76. The van der Waals surface area contributed by atoms with Gasteiger partial charge in [-0.1, -0.05) is 76.7 Å². The number of carboxylic acid groups (broad SMARTS) is 1. The molecule has 2 aromatic rings. The predicted molar refractivity (Wildman–Crippen MR) is 128 cm³/mol. The summed E-state index contributed by atoms with van der Waals surface area (Å²) < 4.78 is -2.14. The van der Waals surface area contributed by atoms with E-state index in [0.29, 0.717) is 5.69 Å². The second-order valence-corrected chi connectivity index (χ2v) is 11.4. The maximum Gasteiger partial charge on any atom is 0.309 e. The van der Waals surface area contributed by atoms with E-state index in [9.17, 15) is 14.7 Å². The van der Waals surface area contributed by atoms with Gasteiger partial charge in [-0.3, -0.25) is 9.59 Å². The van der Waals surface area contributed by atoms with Crippen molar-refractivity contribution in [2.45, 2.75) is 20.5 Å². The molecule has 1 amide bonds. The molecule has 2 bridgehead atoms. The number of halogens is 6. The molecule has 1 fully saturated rings. The molecular formula is C22H13Cl6NO3. The van der Waals surface area contributed by atoms with Crippen molar-refractivity contribution in [1.82, 2.24) is 0 Å². The molecule has 166 valence electrons. The highest BCUT2D eigenvalue weighted by molar-refractivity contribution is 6.66. The number of benzene rings is 2. The normalized spacial score (nSPS) is 31.4. The van der Waals surface area contributed by atoms with Gasteiger partial charge in [-0.25, -0.2) is 0 Å². The van der Waals surface area contributed by atoms with Gasteiger partial charge in [0.2, 0.25) is 5.91 Å². The Morgan fingerprint density at radius 3 is 2.12 bits per heavy atom. The van der Waals surface area contributed by atoms with Gasteiger partial charge in [-0.15, -0.1) is 23.2 Å². The number of allylic oxidation sites excluding steroid dienone is 2. The standard InChI is InChI=1S/C22H13Cl6NO3/c23-16-17(24)21(26)15(19(31)32)14(20(16,25)22(21,27)28)18(30)29-11-5-6-13-10(8-11)7-9-3-1-2-4-12(9)13/h1-6,8,14-15H,7H2,(H,29,30)(H,31,32)/t14-,15-,20+,21+/m1/s1. The molecule has 0 aromatic heterocycles. The van der Waals surface area contributed by atoms with Gasteiger partial charge < -0.3 is 10.4 Å². The molecular weight excluding hydrogens is 539 g/mol. The summed E-state index contributed by atoms with van der Waals surface area (Å²) in [6.07, 6.45) is 0.720. The van der Waals surface area contributed by atoms with Gasteiger partial charge in [0.1, 0.15) is 9.75 Å². The minimum absolute atomic E-state index is 0.233. The Labute approximate surface area is 213 Å². The second-order valence-electron chi connectivity index (χ2n) is 8.11. The zero-order chi connectivity index (χ0) is 23.2. The smallest absolute Gasteiger partial charge is 0.309 e. The van der Waals surface area contributed by atoms with Gasteiger partial charge in [-0.05, 0) is 40.8 Å². The molecule has 3 aliphatic carbocycles. The van der Waals surface area contributed by atoms with Gasteiger partial charge >= 0.3 is 5.97 Å². The molecule has 3 aliphatic rings. The van der Waals surface area contributed by atoms with Gasteiger partial charge in [0.05, 0.1) is 21.9 Å². The average molecular weight is 552 g/mol. The molecule has 0 spiro atoms. The fraction of sp³-hybridized carbons (Fsp3) is 0.273. The summed E-state index contributed by atoms with van der Waals surface area (Å²) in [5.74, 6) is -5.22. The van der Waals surface area contributed by atoms with E-state index in [1.54, 1.807) is 6.07 Å². The Morgan fingerprint density at radius 2 is 1.47 bits per heavy atom. The number of carbonyl (C=O) groups is 2. The van der Waals surface area contributed by atoms with E-state index >= 15 is 0 Å². The van der Waals surface area contributed by atoms with E-state index < -0.39 is 37.8 Å². The van der Waals surface area contributed by atoms with Crippen LogP contribution in [0.3, 0.4) is 0 Å². The highest BCUT2D eigenvalue weighted by atomic mass is 35.5. The number of carbonyl (C=O) groups excluding carboxylic acids is 1. The maximum absolute atomic E-state index is 13.4. The van der Waals surface area contributed by atoms with E-state index in [4.69, 9.17) is 69.6 Å². The third kappa shape index (κ3) is 2.60.